The zero-order valence-electron chi connectivity index (χ0n) is 18.9. The number of aryl methyl sites for hydroxylation is 1. The highest BCUT2D eigenvalue weighted by atomic mass is 16.5. The summed E-state index contributed by atoms with van der Waals surface area (Å²) in [5.74, 6) is 1.38. The lowest BCUT2D eigenvalue weighted by Crippen LogP contribution is -2.58. The molecule has 2 aromatic rings. The molecular weight excluding hydrogens is 388 g/mol. The van der Waals surface area contributed by atoms with Gasteiger partial charge in [0.1, 0.15) is 12.3 Å². The number of ether oxygens (including phenoxy) is 2. The van der Waals surface area contributed by atoms with Gasteiger partial charge in [-0.1, -0.05) is 50.3 Å². The maximum Gasteiger partial charge on any atom is 0.241 e. The standard InChI is InChI=1S/C26H30N2O3/c1-17(2)16-31-22-10-8-19(14-23(22)30-6)11-12-26-25(4,5)20-13-18(3)7-9-21(20)28(26)15-24(29)27-26/h7-14H,1,15-16H2,2-6H3,(H,27,29)/t26-/m1/s1. The van der Waals surface area contributed by atoms with Gasteiger partial charge in [0.15, 0.2) is 11.5 Å². The van der Waals surface area contributed by atoms with Gasteiger partial charge in [-0.15, -0.1) is 0 Å². The number of carbonyl (C=O) groups excluding carboxylic acids is 1. The van der Waals surface area contributed by atoms with E-state index in [-0.39, 0.29) is 11.3 Å². The highest BCUT2D eigenvalue weighted by Crippen LogP contribution is 2.53. The summed E-state index contributed by atoms with van der Waals surface area (Å²) in [6.45, 7) is 13.1. The van der Waals surface area contributed by atoms with Crippen LogP contribution in [-0.4, -0.2) is 31.8 Å². The van der Waals surface area contributed by atoms with Crippen molar-refractivity contribution in [3.05, 3.63) is 71.3 Å². The van der Waals surface area contributed by atoms with Crippen LogP contribution in [0.1, 0.15) is 37.5 Å². The van der Waals surface area contributed by atoms with Crippen LogP contribution < -0.4 is 19.7 Å². The smallest absolute Gasteiger partial charge is 0.241 e. The molecule has 2 aliphatic rings. The Morgan fingerprint density at radius 2 is 2.00 bits per heavy atom. The quantitative estimate of drug-likeness (QED) is 0.697. The molecule has 162 valence electrons. The maximum atomic E-state index is 12.5. The van der Waals surface area contributed by atoms with Gasteiger partial charge in [-0.3, -0.25) is 4.79 Å². The zero-order valence-corrected chi connectivity index (χ0v) is 18.9. The Balaban J connectivity index is 1.71. The molecule has 5 nitrogen and oxygen atoms in total. The molecule has 4 rings (SSSR count). The molecule has 0 bridgehead atoms. The van der Waals surface area contributed by atoms with E-state index in [1.807, 2.05) is 31.2 Å². The minimum absolute atomic E-state index is 0.0325. The van der Waals surface area contributed by atoms with Crippen LogP contribution in [0.4, 0.5) is 5.69 Å². The lowest BCUT2D eigenvalue weighted by molar-refractivity contribution is -0.118. The summed E-state index contributed by atoms with van der Waals surface area (Å²) in [7, 11) is 1.63. The number of amides is 1. The lowest BCUT2D eigenvalue weighted by Gasteiger charge is -2.40. The van der Waals surface area contributed by atoms with Gasteiger partial charge in [0.25, 0.3) is 0 Å². The van der Waals surface area contributed by atoms with E-state index in [1.165, 1.54) is 11.1 Å². The number of carbonyl (C=O) groups is 1. The number of methoxy groups -OCH3 is 1. The van der Waals surface area contributed by atoms with Crippen LogP contribution in [0.3, 0.4) is 0 Å². The van der Waals surface area contributed by atoms with Crippen LogP contribution in [0, 0.1) is 6.92 Å². The molecule has 1 atom stereocenters. The number of fused-ring (bicyclic) bond motifs is 3. The van der Waals surface area contributed by atoms with Crippen molar-refractivity contribution in [3.8, 4) is 11.5 Å². The van der Waals surface area contributed by atoms with Crippen molar-refractivity contribution in [2.75, 3.05) is 25.2 Å². The molecule has 0 spiro atoms. The Labute approximate surface area is 184 Å². The molecule has 0 radical (unpaired) electrons. The molecule has 2 aromatic carbocycles. The summed E-state index contributed by atoms with van der Waals surface area (Å²) >= 11 is 0. The molecule has 0 aromatic heterocycles. The fourth-order valence-corrected chi connectivity index (χ4v) is 4.61. The van der Waals surface area contributed by atoms with Crippen molar-refractivity contribution in [2.45, 2.75) is 38.8 Å². The number of benzene rings is 2. The number of hydrogen-bond donors (Lipinski definition) is 1. The number of nitrogens with zero attached hydrogens (tertiary/aromatic N) is 1. The molecule has 5 heteroatoms. The van der Waals surface area contributed by atoms with Gasteiger partial charge < -0.3 is 19.7 Å². The molecule has 0 aliphatic carbocycles. The first kappa shape index (κ1) is 21.0. The van der Waals surface area contributed by atoms with Gasteiger partial charge in [0.2, 0.25) is 5.91 Å². The van der Waals surface area contributed by atoms with E-state index in [4.69, 9.17) is 9.47 Å². The number of hydrogen-bond acceptors (Lipinski definition) is 4. The van der Waals surface area contributed by atoms with Crippen molar-refractivity contribution in [1.82, 2.24) is 5.32 Å². The molecule has 0 saturated carbocycles. The second kappa shape index (κ2) is 7.49. The van der Waals surface area contributed by atoms with Gasteiger partial charge in [0.05, 0.1) is 13.7 Å². The summed E-state index contributed by atoms with van der Waals surface area (Å²) in [5, 5.41) is 3.26. The minimum atomic E-state index is -0.622. The van der Waals surface area contributed by atoms with E-state index >= 15 is 0 Å². The Morgan fingerprint density at radius 1 is 1.23 bits per heavy atom. The van der Waals surface area contributed by atoms with Crippen molar-refractivity contribution < 1.29 is 14.3 Å². The van der Waals surface area contributed by atoms with Gasteiger partial charge in [0, 0.05) is 11.1 Å². The van der Waals surface area contributed by atoms with E-state index in [2.05, 4.69) is 61.8 Å². The maximum absolute atomic E-state index is 12.5. The summed E-state index contributed by atoms with van der Waals surface area (Å²) in [4.78, 5) is 14.7. The molecule has 2 heterocycles. The summed E-state index contributed by atoms with van der Waals surface area (Å²) in [5.41, 5.74) is 4.57. The van der Waals surface area contributed by atoms with E-state index in [0.29, 0.717) is 24.7 Å². The summed E-state index contributed by atoms with van der Waals surface area (Å²) < 4.78 is 11.3. The number of anilines is 1. The van der Waals surface area contributed by atoms with Crippen molar-refractivity contribution in [3.63, 3.8) is 0 Å². The molecule has 1 N–H and O–H groups in total. The second-order valence-corrected chi connectivity index (χ2v) is 9.04. The largest absolute Gasteiger partial charge is 0.493 e. The first-order chi connectivity index (χ1) is 14.7. The zero-order chi connectivity index (χ0) is 22.4. The van der Waals surface area contributed by atoms with E-state index in [1.54, 1.807) is 7.11 Å². The minimum Gasteiger partial charge on any atom is -0.493 e. The number of nitrogens with one attached hydrogen (secondary N) is 1. The molecule has 1 saturated heterocycles. The highest BCUT2D eigenvalue weighted by molar-refractivity contribution is 5.91. The Bertz CT molecular complexity index is 1090. The predicted octanol–water partition coefficient (Wildman–Crippen LogP) is 4.60. The van der Waals surface area contributed by atoms with E-state index in [0.717, 1.165) is 16.8 Å². The third-order valence-electron chi connectivity index (χ3n) is 6.31. The fourth-order valence-electron chi connectivity index (χ4n) is 4.61. The third-order valence-corrected chi connectivity index (χ3v) is 6.31. The first-order valence-electron chi connectivity index (χ1n) is 10.5. The van der Waals surface area contributed by atoms with E-state index < -0.39 is 5.66 Å². The van der Waals surface area contributed by atoms with Crippen LogP contribution in [0.25, 0.3) is 6.08 Å². The Kier molecular flexibility index (Phi) is 5.08. The average Bonchev–Trinajstić information content (AvgIpc) is 3.15. The molecule has 2 aliphatic heterocycles. The van der Waals surface area contributed by atoms with Crippen molar-refractivity contribution >= 4 is 17.7 Å². The molecule has 1 amide bonds. The molecule has 31 heavy (non-hydrogen) atoms. The Hall–Kier alpha value is -3.21. The predicted molar refractivity (Wildman–Crippen MR) is 125 cm³/mol. The van der Waals surface area contributed by atoms with Gasteiger partial charge in [-0.05, 0) is 54.8 Å². The van der Waals surface area contributed by atoms with Gasteiger partial charge >= 0.3 is 0 Å². The van der Waals surface area contributed by atoms with Gasteiger partial charge in [-0.25, -0.2) is 0 Å². The van der Waals surface area contributed by atoms with Crippen molar-refractivity contribution in [1.29, 1.82) is 0 Å². The first-order valence-corrected chi connectivity index (χ1v) is 10.5. The monoisotopic (exact) mass is 418 g/mol. The lowest BCUT2D eigenvalue weighted by atomic mass is 9.75. The van der Waals surface area contributed by atoms with Crippen LogP contribution in [0.15, 0.2) is 54.6 Å². The normalized spacial score (nSPS) is 21.1. The SMILES string of the molecule is C=C(C)COc1ccc(C=C[C@@]23NC(=O)CN2c2ccc(C)cc2C3(C)C)cc1OC. The number of rotatable bonds is 6. The summed E-state index contributed by atoms with van der Waals surface area (Å²) in [6.07, 6.45) is 4.15. The molecular formula is C26H30N2O3. The summed E-state index contributed by atoms with van der Waals surface area (Å²) in [6, 6.07) is 12.3. The highest BCUT2D eigenvalue weighted by Gasteiger charge is 2.59. The van der Waals surface area contributed by atoms with Crippen LogP contribution >= 0.6 is 0 Å². The molecule has 0 unspecified atom stereocenters. The van der Waals surface area contributed by atoms with Crippen LogP contribution in [-0.2, 0) is 10.2 Å². The van der Waals surface area contributed by atoms with Crippen molar-refractivity contribution in [2.24, 2.45) is 0 Å². The second-order valence-electron chi connectivity index (χ2n) is 9.04. The Morgan fingerprint density at radius 3 is 2.71 bits per heavy atom. The average molecular weight is 419 g/mol. The fraction of sp³-hybridized carbons (Fsp3) is 0.346. The van der Waals surface area contributed by atoms with Crippen LogP contribution in [0.5, 0.6) is 11.5 Å². The third kappa shape index (κ3) is 3.38. The topological polar surface area (TPSA) is 50.8 Å². The molecule has 1 fully saturated rings. The van der Waals surface area contributed by atoms with Gasteiger partial charge in [-0.2, -0.15) is 0 Å². The van der Waals surface area contributed by atoms with E-state index in [9.17, 15) is 4.79 Å². The van der Waals surface area contributed by atoms with Crippen LogP contribution in [0.2, 0.25) is 0 Å².